The second-order valence-corrected chi connectivity index (χ2v) is 15.6. The summed E-state index contributed by atoms with van der Waals surface area (Å²) in [5.41, 5.74) is 0. The van der Waals surface area contributed by atoms with Crippen LogP contribution in [-0.2, 0) is 23.2 Å². The van der Waals surface area contributed by atoms with E-state index in [2.05, 4.69) is 39.3 Å². The average molecular weight is 359 g/mol. The van der Waals surface area contributed by atoms with Gasteiger partial charge in [0.05, 0.1) is 13.2 Å². The minimum absolute atomic E-state index is 0.383. The van der Waals surface area contributed by atoms with Gasteiger partial charge in [-0.05, 0) is 51.1 Å². The lowest BCUT2D eigenvalue weighted by molar-refractivity contribution is -0.138. The van der Waals surface area contributed by atoms with Crippen molar-refractivity contribution in [1.29, 1.82) is 0 Å². The van der Waals surface area contributed by atoms with Gasteiger partial charge in [0.2, 0.25) is 0 Å². The third-order valence-electron chi connectivity index (χ3n) is 3.07. The summed E-state index contributed by atoms with van der Waals surface area (Å²) in [6.45, 7) is 16.2. The first-order valence-electron chi connectivity index (χ1n) is 7.90. The molecule has 0 aliphatic carbocycles. The monoisotopic (exact) mass is 358 g/mol. The van der Waals surface area contributed by atoms with Gasteiger partial charge in [0.1, 0.15) is 0 Å². The Morgan fingerprint density at radius 1 is 0.870 bits per heavy atom. The van der Waals surface area contributed by atoms with Crippen molar-refractivity contribution in [2.75, 3.05) is 13.2 Å². The van der Waals surface area contributed by atoms with Gasteiger partial charge in [-0.2, -0.15) is 0 Å². The molecule has 0 saturated carbocycles. The molecule has 0 fully saturated rings. The van der Waals surface area contributed by atoms with E-state index in [1.165, 1.54) is 12.2 Å². The van der Waals surface area contributed by atoms with Gasteiger partial charge in [0, 0.05) is 12.2 Å². The van der Waals surface area contributed by atoms with Gasteiger partial charge in [-0.15, -0.1) is 0 Å². The number of hydrogen-bond acceptors (Lipinski definition) is 5. The maximum atomic E-state index is 11.1. The van der Waals surface area contributed by atoms with E-state index in [9.17, 15) is 9.59 Å². The fraction of sp³-hybridized carbons (Fsp3) is 0.625. The van der Waals surface area contributed by atoms with E-state index in [0.29, 0.717) is 13.2 Å². The molecule has 0 spiro atoms. The SMILES string of the molecule is C=CC(=O)OCCC[Si](C)(CCCOC(=O)C=C)O[Si](C)(C)C. The van der Waals surface area contributed by atoms with Crippen LogP contribution in [-0.4, -0.2) is 41.8 Å². The summed E-state index contributed by atoms with van der Waals surface area (Å²) in [6.07, 6.45) is 3.89. The summed E-state index contributed by atoms with van der Waals surface area (Å²) >= 11 is 0. The molecule has 0 aliphatic heterocycles. The van der Waals surface area contributed by atoms with Crippen molar-refractivity contribution < 1.29 is 23.2 Å². The van der Waals surface area contributed by atoms with Crippen LogP contribution in [0.2, 0.25) is 38.3 Å². The Morgan fingerprint density at radius 3 is 1.57 bits per heavy atom. The van der Waals surface area contributed by atoms with E-state index in [0.717, 1.165) is 24.9 Å². The fourth-order valence-electron chi connectivity index (χ4n) is 2.32. The molecule has 7 heteroatoms. The quantitative estimate of drug-likeness (QED) is 0.231. The molecule has 0 aromatic rings. The molecule has 0 aromatic heterocycles. The first kappa shape index (κ1) is 21.8. The third kappa shape index (κ3) is 12.0. The number of rotatable bonds is 12. The summed E-state index contributed by atoms with van der Waals surface area (Å²) < 4.78 is 16.5. The number of carbonyl (C=O) groups is 2. The van der Waals surface area contributed by atoms with Crippen molar-refractivity contribution in [3.63, 3.8) is 0 Å². The largest absolute Gasteiger partial charge is 0.463 e. The predicted molar refractivity (Wildman–Crippen MR) is 97.2 cm³/mol. The van der Waals surface area contributed by atoms with Crippen molar-refractivity contribution in [3.05, 3.63) is 25.3 Å². The van der Waals surface area contributed by atoms with Gasteiger partial charge in [0.25, 0.3) is 0 Å². The molecule has 0 atom stereocenters. The topological polar surface area (TPSA) is 61.8 Å². The molecule has 23 heavy (non-hydrogen) atoms. The Hall–Kier alpha value is -1.19. The highest BCUT2D eigenvalue weighted by atomic mass is 28.4. The van der Waals surface area contributed by atoms with E-state index in [1.807, 2.05) is 0 Å². The highest BCUT2D eigenvalue weighted by molar-refractivity contribution is 6.84. The minimum Gasteiger partial charge on any atom is -0.463 e. The Kier molecular flexibility index (Phi) is 10.0. The van der Waals surface area contributed by atoms with Crippen LogP contribution in [0.3, 0.4) is 0 Å². The van der Waals surface area contributed by atoms with Crippen molar-refractivity contribution in [3.8, 4) is 0 Å². The Bertz CT molecular complexity index is 387. The van der Waals surface area contributed by atoms with Crippen LogP contribution in [0, 0.1) is 0 Å². The van der Waals surface area contributed by atoms with Crippen LogP contribution in [0.5, 0.6) is 0 Å². The molecule has 0 radical (unpaired) electrons. The molecule has 5 nitrogen and oxygen atoms in total. The van der Waals surface area contributed by atoms with E-state index >= 15 is 0 Å². The smallest absolute Gasteiger partial charge is 0.330 e. The standard InChI is InChI=1S/C16H30O5Si2/c1-7-15(17)19-11-9-13-23(6,21-22(3,4)5)14-10-12-20-16(18)8-2/h7-8H,1-2,9-14H2,3-6H3. The zero-order valence-electron chi connectivity index (χ0n) is 14.9. The number of esters is 2. The molecular formula is C16H30O5Si2. The number of carbonyl (C=O) groups excluding carboxylic acids is 2. The minimum atomic E-state index is -1.92. The third-order valence-corrected chi connectivity index (χ3v) is 10.3. The molecule has 0 amide bonds. The molecule has 0 heterocycles. The van der Waals surface area contributed by atoms with Crippen LogP contribution in [0.25, 0.3) is 0 Å². The van der Waals surface area contributed by atoms with Gasteiger partial charge in [-0.1, -0.05) is 13.2 Å². The first-order chi connectivity index (χ1) is 10.6. The van der Waals surface area contributed by atoms with E-state index in [-0.39, 0.29) is 0 Å². The number of hydrogen-bond donors (Lipinski definition) is 0. The second kappa shape index (κ2) is 10.6. The highest BCUT2D eigenvalue weighted by Gasteiger charge is 2.33. The molecule has 0 N–H and O–H groups in total. The van der Waals surface area contributed by atoms with Gasteiger partial charge in [0.15, 0.2) is 16.6 Å². The van der Waals surface area contributed by atoms with E-state index in [1.54, 1.807) is 0 Å². The molecule has 0 saturated heterocycles. The van der Waals surface area contributed by atoms with Crippen LogP contribution >= 0.6 is 0 Å². The first-order valence-corrected chi connectivity index (χ1v) is 14.1. The molecule has 0 unspecified atom stereocenters. The number of ether oxygens (including phenoxy) is 2. The van der Waals surface area contributed by atoms with Crippen molar-refractivity contribution in [2.24, 2.45) is 0 Å². The predicted octanol–water partition coefficient (Wildman–Crippen LogP) is 3.65. The molecule has 0 bridgehead atoms. The average Bonchev–Trinajstić information content (AvgIpc) is 2.45. The van der Waals surface area contributed by atoms with Crippen LogP contribution in [0.15, 0.2) is 25.3 Å². The zero-order valence-corrected chi connectivity index (χ0v) is 16.9. The summed E-state index contributed by atoms with van der Waals surface area (Å²) in [6, 6.07) is 1.83. The van der Waals surface area contributed by atoms with Gasteiger partial charge in [-0.3, -0.25) is 0 Å². The summed E-state index contributed by atoms with van der Waals surface area (Å²) in [5, 5.41) is 0. The summed E-state index contributed by atoms with van der Waals surface area (Å²) in [4.78, 5) is 22.1. The van der Waals surface area contributed by atoms with E-state index < -0.39 is 28.6 Å². The van der Waals surface area contributed by atoms with Crippen molar-refractivity contribution >= 4 is 28.6 Å². The van der Waals surface area contributed by atoms with Crippen LogP contribution < -0.4 is 0 Å². The molecule has 0 aromatic carbocycles. The van der Waals surface area contributed by atoms with Crippen molar-refractivity contribution in [1.82, 2.24) is 0 Å². The lowest BCUT2D eigenvalue weighted by atomic mass is 10.5. The lowest BCUT2D eigenvalue weighted by Crippen LogP contribution is -2.44. The Labute approximate surface area is 142 Å². The molecule has 0 aliphatic rings. The summed E-state index contributed by atoms with van der Waals surface area (Å²) in [7, 11) is -3.58. The maximum absolute atomic E-state index is 11.1. The van der Waals surface area contributed by atoms with E-state index in [4.69, 9.17) is 13.6 Å². The summed E-state index contributed by atoms with van der Waals surface area (Å²) in [5.74, 6) is -0.786. The molecule has 132 valence electrons. The van der Waals surface area contributed by atoms with Gasteiger partial charge < -0.3 is 13.6 Å². The maximum Gasteiger partial charge on any atom is 0.330 e. The Balaban J connectivity index is 4.39. The van der Waals surface area contributed by atoms with Crippen LogP contribution in [0.1, 0.15) is 12.8 Å². The fourth-order valence-corrected chi connectivity index (χ4v) is 11.1. The molecule has 0 rings (SSSR count). The zero-order chi connectivity index (χ0) is 17.9. The normalized spacial score (nSPS) is 11.7. The second-order valence-electron chi connectivity index (χ2n) is 6.61. The van der Waals surface area contributed by atoms with Crippen molar-refractivity contribution in [2.45, 2.75) is 51.1 Å². The highest BCUT2D eigenvalue weighted by Crippen LogP contribution is 2.25. The van der Waals surface area contributed by atoms with Gasteiger partial charge >= 0.3 is 11.9 Å². The van der Waals surface area contributed by atoms with Gasteiger partial charge in [-0.25, -0.2) is 9.59 Å². The Morgan fingerprint density at radius 2 is 1.26 bits per heavy atom. The van der Waals surface area contributed by atoms with Crippen LogP contribution in [0.4, 0.5) is 0 Å². The molecular weight excluding hydrogens is 328 g/mol. The lowest BCUT2D eigenvalue weighted by Gasteiger charge is -2.34.